The Morgan fingerprint density at radius 2 is 0.786 bits per heavy atom. The normalized spacial score (nSPS) is 10.9. The van der Waals surface area contributed by atoms with E-state index in [1.807, 2.05) is 60.7 Å². The zero-order valence-corrected chi connectivity index (χ0v) is 15.0. The Labute approximate surface area is 161 Å². The van der Waals surface area contributed by atoms with Crippen LogP contribution in [0, 0.1) is 0 Å². The predicted octanol–water partition coefficient (Wildman–Crippen LogP) is 5.57. The van der Waals surface area contributed by atoms with E-state index in [9.17, 15) is 0 Å². The predicted molar refractivity (Wildman–Crippen MR) is 114 cm³/mol. The molecule has 0 radical (unpaired) electrons. The molecule has 0 amide bonds. The van der Waals surface area contributed by atoms with Crippen LogP contribution < -0.4 is 0 Å². The van der Waals surface area contributed by atoms with E-state index >= 15 is 0 Å². The van der Waals surface area contributed by atoms with Crippen LogP contribution in [-0.2, 0) is 0 Å². The molecule has 3 aromatic heterocycles. The lowest BCUT2D eigenvalue weighted by molar-refractivity contribution is 1.37. The number of benzene rings is 3. The van der Waals surface area contributed by atoms with Crippen molar-refractivity contribution in [1.29, 1.82) is 0 Å². The van der Waals surface area contributed by atoms with E-state index in [0.29, 0.717) is 0 Å². The van der Waals surface area contributed by atoms with Crippen LogP contribution in [0.1, 0.15) is 0 Å². The molecule has 28 heavy (non-hydrogen) atoms. The van der Waals surface area contributed by atoms with Crippen molar-refractivity contribution in [2.24, 2.45) is 0 Å². The number of nitrogens with zero attached hydrogens (tertiary/aromatic N) is 4. The smallest absolute Gasteiger partial charge is 0.0964 e. The molecule has 0 fully saturated rings. The van der Waals surface area contributed by atoms with E-state index in [4.69, 9.17) is 0 Å². The minimum absolute atomic E-state index is 0.950. The maximum Gasteiger partial charge on any atom is 0.0964 e. The summed E-state index contributed by atoms with van der Waals surface area (Å²) in [4.78, 5) is 17.7. The number of hydrogen-bond acceptors (Lipinski definition) is 4. The quantitative estimate of drug-likeness (QED) is 0.263. The molecule has 0 bridgehead atoms. The maximum atomic E-state index is 4.52. The summed E-state index contributed by atoms with van der Waals surface area (Å²) < 4.78 is 0. The minimum Gasteiger partial charge on any atom is -0.254 e. The van der Waals surface area contributed by atoms with Gasteiger partial charge in [0.2, 0.25) is 0 Å². The van der Waals surface area contributed by atoms with E-state index in [-0.39, 0.29) is 0 Å². The van der Waals surface area contributed by atoms with E-state index < -0.39 is 0 Å². The topological polar surface area (TPSA) is 51.6 Å². The van der Waals surface area contributed by atoms with Crippen LogP contribution in [-0.4, -0.2) is 19.9 Å². The second-order valence-electron chi connectivity index (χ2n) is 6.42. The summed E-state index contributed by atoms with van der Waals surface area (Å²) in [5.74, 6) is 0. The van der Waals surface area contributed by atoms with Gasteiger partial charge in [-0.3, -0.25) is 9.97 Å². The number of pyridine rings is 2. The zero-order chi connectivity index (χ0) is 18.8. The Morgan fingerprint density at radius 1 is 0.393 bits per heavy atom. The highest BCUT2D eigenvalue weighted by atomic mass is 14.8. The lowest BCUT2D eigenvalue weighted by Gasteiger charge is -2.00. The van der Waals surface area contributed by atoms with Crippen molar-refractivity contribution >= 4 is 43.9 Å². The molecule has 6 rings (SSSR count). The number of hydrogen-bond donors (Lipinski definition) is 0. The van der Waals surface area contributed by atoms with Crippen molar-refractivity contribution in [1.82, 2.24) is 19.9 Å². The van der Waals surface area contributed by atoms with Gasteiger partial charge in [-0.15, -0.1) is 0 Å². The van der Waals surface area contributed by atoms with Crippen molar-refractivity contribution < 1.29 is 0 Å². The third-order valence-corrected chi connectivity index (χ3v) is 4.59. The largest absolute Gasteiger partial charge is 0.254 e. The lowest BCUT2D eigenvalue weighted by Crippen LogP contribution is -1.85. The maximum absolute atomic E-state index is 4.52. The average molecular weight is 360 g/mol. The van der Waals surface area contributed by atoms with E-state index in [0.717, 1.165) is 43.9 Å². The van der Waals surface area contributed by atoms with Crippen molar-refractivity contribution in [2.45, 2.75) is 0 Å². The average Bonchev–Trinajstić information content (AvgIpc) is 2.78. The van der Waals surface area contributed by atoms with E-state index in [1.165, 1.54) is 0 Å². The fraction of sp³-hybridized carbons (Fsp3) is 0. The second-order valence-corrected chi connectivity index (χ2v) is 6.42. The zero-order valence-electron chi connectivity index (χ0n) is 15.0. The first kappa shape index (κ1) is 16.3. The van der Waals surface area contributed by atoms with Gasteiger partial charge in [-0.1, -0.05) is 48.5 Å². The number of rotatable bonds is 0. The molecule has 0 saturated carbocycles. The third-order valence-electron chi connectivity index (χ3n) is 4.59. The highest BCUT2D eigenvalue weighted by Crippen LogP contribution is 2.20. The van der Waals surface area contributed by atoms with Crippen LogP contribution in [0.25, 0.3) is 43.9 Å². The fourth-order valence-corrected chi connectivity index (χ4v) is 3.25. The summed E-state index contributed by atoms with van der Waals surface area (Å²) in [5.41, 5.74) is 5.76. The van der Waals surface area contributed by atoms with Gasteiger partial charge in [0.25, 0.3) is 0 Å². The summed E-state index contributed by atoms with van der Waals surface area (Å²) in [6.07, 6.45) is 3.60. The molecule has 0 spiro atoms. The molecule has 3 heterocycles. The summed E-state index contributed by atoms with van der Waals surface area (Å²) in [6.45, 7) is 0. The highest BCUT2D eigenvalue weighted by Gasteiger charge is 2.00. The summed E-state index contributed by atoms with van der Waals surface area (Å²) in [6, 6.07) is 28.0. The van der Waals surface area contributed by atoms with Crippen molar-refractivity contribution in [2.75, 3.05) is 0 Å². The summed E-state index contributed by atoms with van der Waals surface area (Å²) in [5, 5.41) is 2.28. The molecule has 132 valence electrons. The first-order valence-corrected chi connectivity index (χ1v) is 9.08. The first-order valence-electron chi connectivity index (χ1n) is 9.08. The molecule has 0 aliphatic heterocycles. The summed E-state index contributed by atoms with van der Waals surface area (Å²) >= 11 is 0. The second kappa shape index (κ2) is 7.00. The van der Waals surface area contributed by atoms with Gasteiger partial charge in [0.1, 0.15) is 0 Å². The van der Waals surface area contributed by atoms with Crippen LogP contribution in [0.5, 0.6) is 0 Å². The molecule has 4 heteroatoms. The SMILES string of the molecule is c1ccc2nc3ccccc3nc2c1.c1cnc2c(c1)ccc1cccnc12. The van der Waals surface area contributed by atoms with E-state index in [1.54, 1.807) is 12.4 Å². The molecule has 0 aliphatic carbocycles. The van der Waals surface area contributed by atoms with Crippen LogP contribution in [0.4, 0.5) is 0 Å². The molecular weight excluding hydrogens is 344 g/mol. The van der Waals surface area contributed by atoms with Crippen LogP contribution >= 0.6 is 0 Å². The molecular formula is C24H16N4. The van der Waals surface area contributed by atoms with Crippen LogP contribution in [0.15, 0.2) is 97.3 Å². The molecule has 0 aliphatic rings. The van der Waals surface area contributed by atoms with Crippen molar-refractivity contribution in [3.05, 3.63) is 97.3 Å². The van der Waals surface area contributed by atoms with Gasteiger partial charge in [0, 0.05) is 23.2 Å². The number of aromatic nitrogens is 4. The Hall–Kier alpha value is -3.92. The molecule has 4 nitrogen and oxygen atoms in total. The monoisotopic (exact) mass is 360 g/mol. The molecule has 6 aromatic rings. The van der Waals surface area contributed by atoms with Crippen molar-refractivity contribution in [3.8, 4) is 0 Å². The van der Waals surface area contributed by atoms with Gasteiger partial charge in [-0.2, -0.15) is 0 Å². The standard InChI is InChI=1S/2C12H8N2/c1-3-9-5-6-10-4-2-8-14-12(10)11(9)13-7-1;1-2-6-10-9(5-1)13-11-7-3-4-8-12(11)14-10/h2*1-8H. The fourth-order valence-electron chi connectivity index (χ4n) is 3.25. The number of fused-ring (bicyclic) bond motifs is 5. The Kier molecular flexibility index (Phi) is 4.07. The minimum atomic E-state index is 0.950. The molecule has 0 unspecified atom stereocenters. The van der Waals surface area contributed by atoms with Gasteiger partial charge >= 0.3 is 0 Å². The van der Waals surface area contributed by atoms with Crippen LogP contribution in [0.2, 0.25) is 0 Å². The van der Waals surface area contributed by atoms with Gasteiger partial charge in [-0.05, 0) is 36.4 Å². The molecule has 0 saturated heterocycles. The third kappa shape index (κ3) is 3.01. The van der Waals surface area contributed by atoms with E-state index in [2.05, 4.69) is 44.2 Å². The summed E-state index contributed by atoms with van der Waals surface area (Å²) in [7, 11) is 0. The van der Waals surface area contributed by atoms with Crippen molar-refractivity contribution in [3.63, 3.8) is 0 Å². The van der Waals surface area contributed by atoms with Gasteiger partial charge in [-0.25, -0.2) is 9.97 Å². The Morgan fingerprint density at radius 3 is 1.18 bits per heavy atom. The Balaban J connectivity index is 0.000000122. The van der Waals surface area contributed by atoms with Gasteiger partial charge in [0.15, 0.2) is 0 Å². The Bertz CT molecular complexity index is 1250. The van der Waals surface area contributed by atoms with Crippen LogP contribution in [0.3, 0.4) is 0 Å². The van der Waals surface area contributed by atoms with Gasteiger partial charge < -0.3 is 0 Å². The first-order chi connectivity index (χ1) is 13.9. The van der Waals surface area contributed by atoms with Gasteiger partial charge in [0.05, 0.1) is 33.1 Å². The molecule has 3 aromatic carbocycles. The molecule has 0 N–H and O–H groups in total. The highest BCUT2D eigenvalue weighted by molar-refractivity contribution is 6.02. The molecule has 0 atom stereocenters. The lowest BCUT2D eigenvalue weighted by atomic mass is 10.1. The number of para-hydroxylation sites is 4.